The molecule has 0 aliphatic carbocycles. The van der Waals surface area contributed by atoms with E-state index in [9.17, 15) is 0 Å². The van der Waals surface area contributed by atoms with Crippen LogP contribution in [0.4, 0.5) is 5.69 Å². The molecule has 0 amide bonds. The summed E-state index contributed by atoms with van der Waals surface area (Å²) in [5, 5.41) is 1.36. The van der Waals surface area contributed by atoms with Crippen molar-refractivity contribution < 1.29 is 0 Å². The van der Waals surface area contributed by atoms with Crippen LogP contribution in [0.5, 0.6) is 0 Å². The number of anilines is 1. The summed E-state index contributed by atoms with van der Waals surface area (Å²) in [5.74, 6) is 0. The Morgan fingerprint density at radius 1 is 1.09 bits per heavy atom. The van der Waals surface area contributed by atoms with Crippen LogP contribution in [0.1, 0.15) is 30.0 Å². The summed E-state index contributed by atoms with van der Waals surface area (Å²) in [6.07, 6.45) is 1.91. The molecule has 1 aliphatic heterocycles. The number of piperidine rings is 1. The normalized spacial score (nSPS) is 21.9. The zero-order valence-corrected chi connectivity index (χ0v) is 14.1. The highest BCUT2D eigenvalue weighted by Gasteiger charge is 2.29. The maximum atomic E-state index is 6.42. The van der Waals surface area contributed by atoms with Crippen LogP contribution in [-0.4, -0.2) is 12.6 Å². The lowest BCUT2D eigenvalue weighted by Gasteiger charge is -2.40. The van der Waals surface area contributed by atoms with E-state index in [2.05, 4.69) is 36.1 Å². The molecule has 1 saturated heterocycles. The summed E-state index contributed by atoms with van der Waals surface area (Å²) in [5.41, 5.74) is 9.79. The number of aryl methyl sites for hydroxylation is 1. The van der Waals surface area contributed by atoms with E-state index in [1.165, 1.54) is 11.1 Å². The van der Waals surface area contributed by atoms with Crippen LogP contribution in [0.15, 0.2) is 42.5 Å². The van der Waals surface area contributed by atoms with Crippen LogP contribution in [0.2, 0.25) is 10.0 Å². The Kier molecular flexibility index (Phi) is 4.62. The Bertz CT molecular complexity index is 655. The van der Waals surface area contributed by atoms with Crippen LogP contribution in [0.3, 0.4) is 0 Å². The lowest BCUT2D eigenvalue weighted by Crippen LogP contribution is -2.42. The van der Waals surface area contributed by atoms with Gasteiger partial charge >= 0.3 is 0 Å². The fourth-order valence-corrected chi connectivity index (χ4v) is 3.62. The number of nitrogens with two attached hydrogens (primary N) is 1. The fourth-order valence-electron chi connectivity index (χ4n) is 3.10. The van der Waals surface area contributed by atoms with Crippen molar-refractivity contribution in [3.05, 3.63) is 63.6 Å². The third-order valence-corrected chi connectivity index (χ3v) is 4.86. The molecule has 0 bridgehead atoms. The van der Waals surface area contributed by atoms with Gasteiger partial charge in [0, 0.05) is 17.6 Å². The van der Waals surface area contributed by atoms with E-state index in [1.54, 1.807) is 6.07 Å². The van der Waals surface area contributed by atoms with Gasteiger partial charge in [0.05, 0.1) is 16.8 Å². The Morgan fingerprint density at radius 3 is 2.50 bits per heavy atom. The summed E-state index contributed by atoms with van der Waals surface area (Å²) < 4.78 is 0. The number of hydrogen-bond acceptors (Lipinski definition) is 2. The van der Waals surface area contributed by atoms with Gasteiger partial charge in [-0.2, -0.15) is 0 Å². The van der Waals surface area contributed by atoms with Gasteiger partial charge in [-0.15, -0.1) is 0 Å². The molecule has 2 atom stereocenters. The lowest BCUT2D eigenvalue weighted by atomic mass is 9.91. The Balaban J connectivity index is 1.98. The van der Waals surface area contributed by atoms with Crippen molar-refractivity contribution in [2.75, 3.05) is 11.4 Å². The molecule has 0 aromatic heterocycles. The second kappa shape index (κ2) is 6.49. The maximum Gasteiger partial charge on any atom is 0.0654 e. The van der Waals surface area contributed by atoms with Gasteiger partial charge in [-0.1, -0.05) is 53.0 Å². The SMILES string of the molecule is Cc1ccc(C2CC(N)CCN2c2ccc(Cl)cc2Cl)cc1. The van der Waals surface area contributed by atoms with E-state index in [1.807, 2.05) is 12.1 Å². The van der Waals surface area contributed by atoms with Crippen molar-refractivity contribution >= 4 is 28.9 Å². The molecule has 2 aromatic carbocycles. The first kappa shape index (κ1) is 15.7. The molecule has 3 rings (SSSR count). The number of benzene rings is 2. The molecule has 2 unspecified atom stereocenters. The van der Waals surface area contributed by atoms with Gasteiger partial charge in [0.15, 0.2) is 0 Å². The predicted molar refractivity (Wildman–Crippen MR) is 94.9 cm³/mol. The van der Waals surface area contributed by atoms with Crippen molar-refractivity contribution in [2.24, 2.45) is 5.73 Å². The number of hydrogen-bond donors (Lipinski definition) is 1. The second-order valence-corrected chi connectivity index (χ2v) is 6.84. The summed E-state index contributed by atoms with van der Waals surface area (Å²) in [7, 11) is 0. The minimum Gasteiger partial charge on any atom is -0.363 e. The molecule has 22 heavy (non-hydrogen) atoms. The number of halogens is 2. The second-order valence-electron chi connectivity index (χ2n) is 6.00. The van der Waals surface area contributed by atoms with E-state index in [0.29, 0.717) is 10.0 Å². The van der Waals surface area contributed by atoms with Crippen LogP contribution in [-0.2, 0) is 0 Å². The first-order valence-electron chi connectivity index (χ1n) is 7.58. The lowest BCUT2D eigenvalue weighted by molar-refractivity contribution is 0.420. The van der Waals surface area contributed by atoms with Gasteiger partial charge in [-0.05, 0) is 43.5 Å². The van der Waals surface area contributed by atoms with Crippen molar-refractivity contribution in [1.29, 1.82) is 0 Å². The standard InChI is InChI=1S/C18H20Cl2N2/c1-12-2-4-13(5-3-12)18-11-15(21)8-9-22(18)17-7-6-14(19)10-16(17)20/h2-7,10,15,18H,8-9,11,21H2,1H3. The third kappa shape index (κ3) is 3.24. The highest BCUT2D eigenvalue weighted by molar-refractivity contribution is 6.36. The minimum atomic E-state index is 0.230. The topological polar surface area (TPSA) is 29.3 Å². The first-order valence-corrected chi connectivity index (χ1v) is 8.34. The van der Waals surface area contributed by atoms with E-state index in [4.69, 9.17) is 28.9 Å². The molecule has 0 radical (unpaired) electrons. The van der Waals surface area contributed by atoms with Gasteiger partial charge < -0.3 is 10.6 Å². The van der Waals surface area contributed by atoms with Crippen LogP contribution < -0.4 is 10.6 Å². The van der Waals surface area contributed by atoms with Gasteiger partial charge in [0.25, 0.3) is 0 Å². The largest absolute Gasteiger partial charge is 0.363 e. The number of nitrogens with zero attached hydrogens (tertiary/aromatic N) is 1. The smallest absolute Gasteiger partial charge is 0.0654 e. The van der Waals surface area contributed by atoms with E-state index < -0.39 is 0 Å². The maximum absolute atomic E-state index is 6.42. The zero-order valence-electron chi connectivity index (χ0n) is 12.6. The molecule has 1 aliphatic rings. The van der Waals surface area contributed by atoms with Gasteiger partial charge in [-0.25, -0.2) is 0 Å². The Hall–Kier alpha value is -1.22. The van der Waals surface area contributed by atoms with Crippen molar-refractivity contribution in [1.82, 2.24) is 0 Å². The van der Waals surface area contributed by atoms with Gasteiger partial charge in [-0.3, -0.25) is 0 Å². The predicted octanol–water partition coefficient (Wildman–Crippen LogP) is 4.97. The molecule has 2 nitrogen and oxygen atoms in total. The van der Waals surface area contributed by atoms with Crippen LogP contribution in [0.25, 0.3) is 0 Å². The minimum absolute atomic E-state index is 0.230. The highest BCUT2D eigenvalue weighted by Crippen LogP contribution is 2.39. The summed E-state index contributed by atoms with van der Waals surface area (Å²) in [6.45, 7) is 3.01. The molecular weight excluding hydrogens is 315 g/mol. The molecule has 4 heteroatoms. The molecular formula is C18H20Cl2N2. The zero-order chi connectivity index (χ0) is 15.7. The monoisotopic (exact) mass is 334 g/mol. The van der Waals surface area contributed by atoms with E-state index in [-0.39, 0.29) is 12.1 Å². The van der Waals surface area contributed by atoms with Crippen molar-refractivity contribution in [3.8, 4) is 0 Å². The van der Waals surface area contributed by atoms with Crippen molar-refractivity contribution in [2.45, 2.75) is 31.8 Å². The van der Waals surface area contributed by atoms with Crippen LogP contribution in [0, 0.1) is 6.92 Å². The first-order chi connectivity index (χ1) is 10.5. The highest BCUT2D eigenvalue weighted by atomic mass is 35.5. The van der Waals surface area contributed by atoms with Crippen molar-refractivity contribution in [3.63, 3.8) is 0 Å². The van der Waals surface area contributed by atoms with E-state index in [0.717, 1.165) is 25.1 Å². The Labute approximate surface area is 141 Å². The number of rotatable bonds is 2. The van der Waals surface area contributed by atoms with E-state index >= 15 is 0 Å². The molecule has 0 saturated carbocycles. The van der Waals surface area contributed by atoms with Crippen LogP contribution >= 0.6 is 23.2 Å². The summed E-state index contributed by atoms with van der Waals surface area (Å²) in [4.78, 5) is 2.35. The average molecular weight is 335 g/mol. The summed E-state index contributed by atoms with van der Waals surface area (Å²) >= 11 is 12.4. The molecule has 2 aromatic rings. The molecule has 116 valence electrons. The molecule has 0 spiro atoms. The fraction of sp³-hybridized carbons (Fsp3) is 0.333. The average Bonchev–Trinajstić information content (AvgIpc) is 2.49. The quantitative estimate of drug-likeness (QED) is 0.839. The molecule has 1 fully saturated rings. The molecule has 2 N–H and O–H groups in total. The molecule has 1 heterocycles. The summed E-state index contributed by atoms with van der Waals surface area (Å²) in [6, 6.07) is 14.9. The Morgan fingerprint density at radius 2 is 1.82 bits per heavy atom. The van der Waals surface area contributed by atoms with Gasteiger partial charge in [0.1, 0.15) is 0 Å². The van der Waals surface area contributed by atoms with Gasteiger partial charge in [0.2, 0.25) is 0 Å². The third-order valence-electron chi connectivity index (χ3n) is 4.32.